The summed E-state index contributed by atoms with van der Waals surface area (Å²) in [5.41, 5.74) is 0. The van der Waals surface area contributed by atoms with E-state index in [0.29, 0.717) is 12.8 Å². The van der Waals surface area contributed by atoms with E-state index in [0.717, 1.165) is 25.7 Å². The zero-order valence-electron chi connectivity index (χ0n) is 16.0. The lowest BCUT2D eigenvalue weighted by Gasteiger charge is -2.22. The van der Waals surface area contributed by atoms with Crippen molar-refractivity contribution in [1.82, 2.24) is 0 Å². The third-order valence-corrected chi connectivity index (χ3v) is 8.53. The summed E-state index contributed by atoms with van der Waals surface area (Å²) in [4.78, 5) is 21.9. The highest BCUT2D eigenvalue weighted by molar-refractivity contribution is 8.19. The predicted octanol–water partition coefficient (Wildman–Crippen LogP) is 2.83. The van der Waals surface area contributed by atoms with Crippen LogP contribution in [-0.4, -0.2) is 54.0 Å². The Morgan fingerprint density at radius 1 is 1.00 bits per heavy atom. The number of sulfone groups is 1. The monoisotopic (exact) mass is 457 g/mol. The molecule has 0 aromatic carbocycles. The fourth-order valence-corrected chi connectivity index (χ4v) is 5.99. The summed E-state index contributed by atoms with van der Waals surface area (Å²) >= 11 is 1.91. The van der Waals surface area contributed by atoms with Crippen LogP contribution in [0.4, 0.5) is 0 Å². The molecule has 0 aromatic rings. The fourth-order valence-electron chi connectivity index (χ4n) is 2.74. The van der Waals surface area contributed by atoms with Crippen LogP contribution < -0.4 is 0 Å². The van der Waals surface area contributed by atoms with Crippen molar-refractivity contribution in [3.63, 3.8) is 0 Å². The summed E-state index contributed by atoms with van der Waals surface area (Å²) in [6, 6.07) is 0. The topological polar surface area (TPSA) is 149 Å². The van der Waals surface area contributed by atoms with Crippen molar-refractivity contribution in [1.29, 1.82) is 0 Å². The fraction of sp³-hybridized carbons (Fsp3) is 0.824. The molecule has 164 valence electrons. The van der Waals surface area contributed by atoms with Crippen LogP contribution in [0, 0.1) is 0 Å². The second-order valence-corrected chi connectivity index (χ2v) is 10.5. The molecule has 0 saturated carbocycles. The van der Waals surface area contributed by atoms with Gasteiger partial charge in [-0.05, 0) is 17.5 Å². The Morgan fingerprint density at radius 2 is 1.46 bits per heavy atom. The number of carboxylic acid groups (broad SMARTS) is 2. The van der Waals surface area contributed by atoms with Crippen LogP contribution in [0.3, 0.4) is 0 Å². The first-order valence-electron chi connectivity index (χ1n) is 9.36. The lowest BCUT2D eigenvalue weighted by molar-refractivity contribution is -0.143. The molecule has 0 fully saturated rings. The summed E-state index contributed by atoms with van der Waals surface area (Å²) in [5, 5.41) is 13.9. The third kappa shape index (κ3) is 10.0. The van der Waals surface area contributed by atoms with E-state index < -0.39 is 54.0 Å². The number of carboxylic acids is 2. The van der Waals surface area contributed by atoms with E-state index in [1.165, 1.54) is 19.3 Å². The van der Waals surface area contributed by atoms with E-state index >= 15 is 0 Å². The Bertz CT molecular complexity index is 645. The third-order valence-electron chi connectivity index (χ3n) is 4.36. The SMILES string of the molecule is CCCCCCCCCCCC(C(=S)S(=O)(=O)C(CC(=O)O)C(=O)O)S(=O)[O-]. The molecule has 11 heteroatoms. The standard InChI is InChI=1S/C17H30O8S3/c1-2-3-4-5-6-7-8-9-10-11-13(27(22)23)17(26)28(24,25)14(16(20)21)12-15(18)19/h13-14H,2-12H2,1H3,(H,18,19)(H,20,21)(H,22,23)/p-1. The van der Waals surface area contributed by atoms with Gasteiger partial charge in [0, 0.05) is 0 Å². The zero-order valence-corrected chi connectivity index (χ0v) is 18.5. The van der Waals surface area contributed by atoms with E-state index in [4.69, 9.17) is 22.4 Å². The summed E-state index contributed by atoms with van der Waals surface area (Å²) in [7, 11) is -4.74. The Labute approximate surface area is 174 Å². The van der Waals surface area contributed by atoms with Crippen LogP contribution in [0.1, 0.15) is 77.6 Å². The highest BCUT2D eigenvalue weighted by Gasteiger charge is 2.40. The first-order chi connectivity index (χ1) is 13.1. The number of rotatable bonds is 16. The van der Waals surface area contributed by atoms with Gasteiger partial charge in [0.2, 0.25) is 0 Å². The normalized spacial score (nSPS) is 14.9. The summed E-state index contributed by atoms with van der Waals surface area (Å²) in [5.74, 6) is -3.50. The molecule has 0 aliphatic carbocycles. The van der Waals surface area contributed by atoms with E-state index in [1.54, 1.807) is 0 Å². The summed E-state index contributed by atoms with van der Waals surface area (Å²) < 4.78 is 46.7. The first-order valence-corrected chi connectivity index (χ1v) is 12.4. The molecule has 0 spiro atoms. The number of hydrogen-bond donors (Lipinski definition) is 2. The number of thiocarbonyl (C=S) groups is 1. The van der Waals surface area contributed by atoms with Crippen LogP contribution in [0.2, 0.25) is 0 Å². The van der Waals surface area contributed by atoms with Gasteiger partial charge in [0.1, 0.15) is 4.20 Å². The molecular formula is C17H29O8S3-. The van der Waals surface area contributed by atoms with Crippen LogP contribution in [0.25, 0.3) is 0 Å². The molecule has 0 aliphatic rings. The molecule has 0 amide bonds. The minimum absolute atomic E-state index is 0.0383. The molecular weight excluding hydrogens is 428 g/mol. The van der Waals surface area contributed by atoms with Crippen molar-refractivity contribution in [2.45, 2.75) is 88.1 Å². The predicted molar refractivity (Wildman–Crippen MR) is 110 cm³/mol. The van der Waals surface area contributed by atoms with Gasteiger partial charge in [0.05, 0.1) is 11.7 Å². The van der Waals surface area contributed by atoms with E-state index in [-0.39, 0.29) is 6.42 Å². The molecule has 0 saturated heterocycles. The van der Waals surface area contributed by atoms with Crippen molar-refractivity contribution in [2.75, 3.05) is 0 Å². The highest BCUT2D eigenvalue weighted by atomic mass is 32.2. The molecule has 0 rings (SSSR count). The minimum Gasteiger partial charge on any atom is -0.772 e. The van der Waals surface area contributed by atoms with Gasteiger partial charge in [-0.2, -0.15) is 0 Å². The molecule has 0 aromatic heterocycles. The molecule has 3 unspecified atom stereocenters. The van der Waals surface area contributed by atoms with Gasteiger partial charge in [-0.1, -0.05) is 76.9 Å². The van der Waals surface area contributed by atoms with Crippen LogP contribution in [0.5, 0.6) is 0 Å². The number of hydrogen-bond acceptors (Lipinski definition) is 7. The van der Waals surface area contributed by atoms with Gasteiger partial charge >= 0.3 is 11.9 Å². The molecule has 3 atom stereocenters. The number of unbranched alkanes of at least 4 members (excludes halogenated alkanes) is 8. The zero-order chi connectivity index (χ0) is 21.7. The molecule has 0 aliphatic heterocycles. The van der Waals surface area contributed by atoms with E-state index in [2.05, 4.69) is 6.92 Å². The largest absolute Gasteiger partial charge is 0.772 e. The van der Waals surface area contributed by atoms with Crippen molar-refractivity contribution < 1.29 is 37.0 Å². The number of aliphatic carboxylic acids is 2. The molecule has 8 nitrogen and oxygen atoms in total. The summed E-state index contributed by atoms with van der Waals surface area (Å²) in [6.45, 7) is 2.14. The Hall–Kier alpha value is -0.910. The second-order valence-electron chi connectivity index (χ2n) is 6.66. The van der Waals surface area contributed by atoms with Crippen LogP contribution in [-0.2, 0) is 30.5 Å². The van der Waals surface area contributed by atoms with Crippen molar-refractivity contribution in [3.8, 4) is 0 Å². The van der Waals surface area contributed by atoms with Gasteiger partial charge < -0.3 is 14.8 Å². The Kier molecular flexibility index (Phi) is 13.7. The van der Waals surface area contributed by atoms with Gasteiger partial charge in [0.15, 0.2) is 15.1 Å². The average molecular weight is 458 g/mol. The minimum atomic E-state index is -4.74. The second kappa shape index (κ2) is 14.1. The number of carbonyl (C=O) groups is 2. The quantitative estimate of drug-likeness (QED) is 0.203. The Morgan fingerprint density at radius 3 is 1.86 bits per heavy atom. The lowest BCUT2D eigenvalue weighted by atomic mass is 10.1. The Balaban J connectivity index is 4.73. The summed E-state index contributed by atoms with van der Waals surface area (Å²) in [6.07, 6.45) is 7.65. The van der Waals surface area contributed by atoms with Crippen molar-refractivity contribution in [2.24, 2.45) is 0 Å². The van der Waals surface area contributed by atoms with Gasteiger partial charge in [-0.3, -0.25) is 13.8 Å². The maximum Gasteiger partial charge on any atom is 0.322 e. The molecule has 0 radical (unpaired) electrons. The van der Waals surface area contributed by atoms with Gasteiger partial charge in [-0.15, -0.1) is 0 Å². The van der Waals surface area contributed by atoms with Crippen molar-refractivity contribution >= 4 is 49.3 Å². The smallest absolute Gasteiger partial charge is 0.322 e. The van der Waals surface area contributed by atoms with E-state index in [9.17, 15) is 26.8 Å². The van der Waals surface area contributed by atoms with Gasteiger partial charge in [0.25, 0.3) is 0 Å². The molecule has 28 heavy (non-hydrogen) atoms. The van der Waals surface area contributed by atoms with E-state index in [1.807, 2.05) is 0 Å². The van der Waals surface area contributed by atoms with Crippen molar-refractivity contribution in [3.05, 3.63) is 0 Å². The van der Waals surface area contributed by atoms with Gasteiger partial charge in [-0.25, -0.2) is 8.42 Å². The molecule has 0 bridgehead atoms. The van der Waals surface area contributed by atoms with Crippen LogP contribution in [0.15, 0.2) is 0 Å². The molecule has 2 N–H and O–H groups in total. The first kappa shape index (κ1) is 27.1. The lowest BCUT2D eigenvalue weighted by Crippen LogP contribution is -2.41. The molecule has 0 heterocycles. The average Bonchev–Trinajstić information content (AvgIpc) is 2.60. The maximum absolute atomic E-state index is 12.4. The maximum atomic E-state index is 12.4. The highest BCUT2D eigenvalue weighted by Crippen LogP contribution is 2.20. The van der Waals surface area contributed by atoms with Crippen LogP contribution >= 0.6 is 12.2 Å².